The molecular formula is C19H23N3OS. The number of hydrogen-bond acceptors (Lipinski definition) is 3. The Morgan fingerprint density at radius 3 is 2.58 bits per heavy atom. The van der Waals surface area contributed by atoms with Crippen LogP contribution in [0.15, 0.2) is 59.7 Å². The molecule has 0 aliphatic heterocycles. The molecule has 2 aromatic rings. The number of thiocarbonyl (C=S) groups is 1. The molecule has 0 atom stereocenters. The molecule has 0 radical (unpaired) electrons. The number of benzene rings is 2. The standard InChI is InChI=1S/C19H23N3OS/c1-15(2)14-23-18-11-7-6-10-17(18)13-21-22-19(24)20-12-16-8-4-3-5-9-16/h3-11,13,15H,12,14H2,1-2H3,(H2,20,22,24)/b21-13-. The van der Waals surface area contributed by atoms with Crippen molar-refractivity contribution in [2.75, 3.05) is 6.61 Å². The summed E-state index contributed by atoms with van der Waals surface area (Å²) in [5.41, 5.74) is 4.91. The van der Waals surface area contributed by atoms with Crippen molar-refractivity contribution >= 4 is 23.5 Å². The third-order valence-electron chi connectivity index (χ3n) is 3.16. The van der Waals surface area contributed by atoms with Crippen molar-refractivity contribution in [3.63, 3.8) is 0 Å². The maximum absolute atomic E-state index is 5.79. The molecule has 0 spiro atoms. The molecule has 0 bridgehead atoms. The minimum Gasteiger partial charge on any atom is -0.493 e. The van der Waals surface area contributed by atoms with Crippen LogP contribution in [0.4, 0.5) is 0 Å². The van der Waals surface area contributed by atoms with Gasteiger partial charge in [0.1, 0.15) is 5.75 Å². The molecule has 0 aromatic heterocycles. The normalized spacial score (nSPS) is 10.8. The van der Waals surface area contributed by atoms with Gasteiger partial charge in [0, 0.05) is 12.1 Å². The van der Waals surface area contributed by atoms with Gasteiger partial charge in [0.25, 0.3) is 0 Å². The SMILES string of the molecule is CC(C)COc1ccccc1/C=N\NC(=S)NCc1ccccc1. The molecule has 0 saturated carbocycles. The molecule has 24 heavy (non-hydrogen) atoms. The summed E-state index contributed by atoms with van der Waals surface area (Å²) in [4.78, 5) is 0. The number of nitrogens with one attached hydrogen (secondary N) is 2. The van der Waals surface area contributed by atoms with Crippen molar-refractivity contribution in [2.24, 2.45) is 11.0 Å². The van der Waals surface area contributed by atoms with Crippen LogP contribution in [-0.4, -0.2) is 17.9 Å². The zero-order chi connectivity index (χ0) is 17.2. The summed E-state index contributed by atoms with van der Waals surface area (Å²) >= 11 is 5.22. The molecule has 0 amide bonds. The monoisotopic (exact) mass is 341 g/mol. The molecule has 2 rings (SSSR count). The maximum Gasteiger partial charge on any atom is 0.187 e. The van der Waals surface area contributed by atoms with E-state index in [1.54, 1.807) is 6.21 Å². The van der Waals surface area contributed by atoms with Crippen LogP contribution >= 0.6 is 12.2 Å². The second-order valence-corrected chi connectivity index (χ2v) is 6.19. The minimum atomic E-state index is 0.475. The van der Waals surface area contributed by atoms with Gasteiger partial charge in [-0.3, -0.25) is 5.43 Å². The Kier molecular flexibility index (Phi) is 7.23. The molecular weight excluding hydrogens is 318 g/mol. The van der Waals surface area contributed by atoms with E-state index in [-0.39, 0.29) is 0 Å². The lowest BCUT2D eigenvalue weighted by Crippen LogP contribution is -2.31. The van der Waals surface area contributed by atoms with Gasteiger partial charge in [-0.25, -0.2) is 0 Å². The molecule has 0 fully saturated rings. The van der Waals surface area contributed by atoms with Crippen molar-refractivity contribution in [2.45, 2.75) is 20.4 Å². The Balaban J connectivity index is 1.84. The van der Waals surface area contributed by atoms with Crippen molar-refractivity contribution < 1.29 is 4.74 Å². The predicted molar refractivity (Wildman–Crippen MR) is 103 cm³/mol. The van der Waals surface area contributed by atoms with E-state index in [0.29, 0.717) is 24.2 Å². The molecule has 2 N–H and O–H groups in total. The number of nitrogens with zero attached hydrogens (tertiary/aromatic N) is 1. The van der Waals surface area contributed by atoms with Gasteiger partial charge in [-0.05, 0) is 35.8 Å². The van der Waals surface area contributed by atoms with E-state index in [0.717, 1.165) is 16.9 Å². The molecule has 5 heteroatoms. The van der Waals surface area contributed by atoms with Crippen molar-refractivity contribution in [3.05, 3.63) is 65.7 Å². The van der Waals surface area contributed by atoms with Crippen LogP contribution in [-0.2, 0) is 6.54 Å². The second kappa shape index (κ2) is 9.67. The van der Waals surface area contributed by atoms with E-state index < -0.39 is 0 Å². The fraction of sp³-hybridized carbons (Fsp3) is 0.263. The first-order valence-electron chi connectivity index (χ1n) is 7.98. The number of rotatable bonds is 7. The van der Waals surface area contributed by atoms with Crippen LogP contribution in [0.3, 0.4) is 0 Å². The fourth-order valence-corrected chi connectivity index (χ4v) is 2.08. The van der Waals surface area contributed by atoms with Crippen molar-refractivity contribution in [3.8, 4) is 5.75 Å². The summed E-state index contributed by atoms with van der Waals surface area (Å²) in [5, 5.41) is 7.78. The van der Waals surface area contributed by atoms with Crippen LogP contribution in [0.1, 0.15) is 25.0 Å². The van der Waals surface area contributed by atoms with Gasteiger partial charge < -0.3 is 10.1 Å². The topological polar surface area (TPSA) is 45.6 Å². The molecule has 2 aromatic carbocycles. The summed E-state index contributed by atoms with van der Waals surface area (Å²) in [7, 11) is 0. The number of hydrazone groups is 1. The smallest absolute Gasteiger partial charge is 0.187 e. The molecule has 0 heterocycles. The van der Waals surface area contributed by atoms with Gasteiger partial charge in [-0.1, -0.05) is 56.3 Å². The van der Waals surface area contributed by atoms with Gasteiger partial charge >= 0.3 is 0 Å². The van der Waals surface area contributed by atoms with Gasteiger partial charge in [0.15, 0.2) is 5.11 Å². The Bertz CT molecular complexity index is 671. The van der Waals surface area contributed by atoms with Gasteiger partial charge in [-0.2, -0.15) is 5.10 Å². The highest BCUT2D eigenvalue weighted by molar-refractivity contribution is 7.80. The first-order chi connectivity index (χ1) is 11.6. The highest BCUT2D eigenvalue weighted by Crippen LogP contribution is 2.16. The van der Waals surface area contributed by atoms with Crippen LogP contribution < -0.4 is 15.5 Å². The van der Waals surface area contributed by atoms with Crippen molar-refractivity contribution in [1.29, 1.82) is 0 Å². The summed E-state index contributed by atoms with van der Waals surface area (Å²) in [5.74, 6) is 1.29. The van der Waals surface area contributed by atoms with E-state index in [4.69, 9.17) is 17.0 Å². The maximum atomic E-state index is 5.79. The predicted octanol–water partition coefficient (Wildman–Crippen LogP) is 3.72. The second-order valence-electron chi connectivity index (χ2n) is 5.78. The lowest BCUT2D eigenvalue weighted by atomic mass is 10.2. The van der Waals surface area contributed by atoms with Crippen LogP contribution in [0.2, 0.25) is 0 Å². The highest BCUT2D eigenvalue weighted by Gasteiger charge is 2.02. The summed E-state index contributed by atoms with van der Waals surface area (Å²) < 4.78 is 5.79. The average molecular weight is 341 g/mol. The number of ether oxygens (including phenoxy) is 1. The molecule has 0 aliphatic carbocycles. The Morgan fingerprint density at radius 1 is 1.12 bits per heavy atom. The summed E-state index contributed by atoms with van der Waals surface area (Å²) in [6.45, 7) is 5.58. The quantitative estimate of drug-likeness (QED) is 0.458. The molecule has 0 aliphatic rings. The van der Waals surface area contributed by atoms with E-state index in [9.17, 15) is 0 Å². The van der Waals surface area contributed by atoms with E-state index in [1.807, 2.05) is 54.6 Å². The Hall–Kier alpha value is -2.40. The lowest BCUT2D eigenvalue weighted by molar-refractivity contribution is 0.270. The van der Waals surface area contributed by atoms with Crippen molar-refractivity contribution in [1.82, 2.24) is 10.7 Å². The Morgan fingerprint density at radius 2 is 1.83 bits per heavy atom. The summed E-state index contributed by atoms with van der Waals surface area (Å²) in [6, 6.07) is 17.9. The molecule has 0 unspecified atom stereocenters. The van der Waals surface area contributed by atoms with Gasteiger partial charge in [-0.15, -0.1) is 0 Å². The Labute approximate surface area is 148 Å². The minimum absolute atomic E-state index is 0.475. The molecule has 4 nitrogen and oxygen atoms in total. The average Bonchev–Trinajstić information content (AvgIpc) is 2.60. The highest BCUT2D eigenvalue weighted by atomic mass is 32.1. The lowest BCUT2D eigenvalue weighted by Gasteiger charge is -2.11. The van der Waals surface area contributed by atoms with Crippen LogP contribution in [0.25, 0.3) is 0 Å². The van der Waals surface area contributed by atoms with E-state index >= 15 is 0 Å². The first-order valence-corrected chi connectivity index (χ1v) is 8.38. The van der Waals surface area contributed by atoms with E-state index in [2.05, 4.69) is 29.7 Å². The van der Waals surface area contributed by atoms with Crippen LogP contribution in [0, 0.1) is 5.92 Å². The fourth-order valence-electron chi connectivity index (χ4n) is 1.95. The zero-order valence-electron chi connectivity index (χ0n) is 14.0. The van der Waals surface area contributed by atoms with Gasteiger partial charge in [0.2, 0.25) is 0 Å². The summed E-state index contributed by atoms with van der Waals surface area (Å²) in [6.07, 6.45) is 1.71. The largest absolute Gasteiger partial charge is 0.493 e. The zero-order valence-corrected chi connectivity index (χ0v) is 14.8. The van der Waals surface area contributed by atoms with Crippen LogP contribution in [0.5, 0.6) is 5.75 Å². The molecule has 126 valence electrons. The van der Waals surface area contributed by atoms with E-state index in [1.165, 1.54) is 0 Å². The molecule has 0 saturated heterocycles. The first kappa shape index (κ1) is 17.9. The van der Waals surface area contributed by atoms with Gasteiger partial charge in [0.05, 0.1) is 12.8 Å². The third-order valence-corrected chi connectivity index (χ3v) is 3.39. The number of para-hydroxylation sites is 1. The number of hydrogen-bond donors (Lipinski definition) is 2. The third kappa shape index (κ3) is 6.38.